The lowest BCUT2D eigenvalue weighted by molar-refractivity contribution is -0.123. The van der Waals surface area contributed by atoms with Gasteiger partial charge < -0.3 is 10.1 Å². The van der Waals surface area contributed by atoms with Gasteiger partial charge in [0.2, 0.25) is 0 Å². The molecular weight excluding hydrogens is 368 g/mol. The summed E-state index contributed by atoms with van der Waals surface area (Å²) in [6, 6.07) is 4.56. The molecular formula is C18H24N4O4S. The van der Waals surface area contributed by atoms with Crippen molar-refractivity contribution in [3.63, 3.8) is 0 Å². The van der Waals surface area contributed by atoms with Gasteiger partial charge in [0, 0.05) is 12.2 Å². The quantitative estimate of drug-likeness (QED) is 0.753. The van der Waals surface area contributed by atoms with Gasteiger partial charge in [0.1, 0.15) is 5.75 Å². The third kappa shape index (κ3) is 4.24. The monoisotopic (exact) mass is 392 g/mol. The molecule has 0 unspecified atom stereocenters. The average Bonchev–Trinajstić information content (AvgIpc) is 3.07. The van der Waals surface area contributed by atoms with Crippen molar-refractivity contribution in [3.05, 3.63) is 30.6 Å². The number of hydrogen-bond donors (Lipinski definition) is 2. The summed E-state index contributed by atoms with van der Waals surface area (Å²) in [5.41, 5.74) is 0.731. The van der Waals surface area contributed by atoms with E-state index in [1.807, 2.05) is 20.8 Å². The normalized spacial score (nSPS) is 16.6. The van der Waals surface area contributed by atoms with Crippen LogP contribution in [0.15, 0.2) is 35.5 Å². The van der Waals surface area contributed by atoms with Gasteiger partial charge in [-0.05, 0) is 44.9 Å². The van der Waals surface area contributed by atoms with Crippen molar-refractivity contribution in [2.45, 2.75) is 57.1 Å². The van der Waals surface area contributed by atoms with Gasteiger partial charge in [-0.2, -0.15) is 5.10 Å². The molecule has 3 rings (SSSR count). The number of fused-ring (bicyclic) bond motifs is 1. The fourth-order valence-electron chi connectivity index (χ4n) is 2.76. The van der Waals surface area contributed by atoms with Gasteiger partial charge in [-0.1, -0.05) is 13.3 Å². The molecule has 0 saturated heterocycles. The minimum Gasteiger partial charge on any atom is -0.478 e. The van der Waals surface area contributed by atoms with Crippen LogP contribution in [-0.4, -0.2) is 30.2 Å². The van der Waals surface area contributed by atoms with Gasteiger partial charge in [-0.25, -0.2) is 8.42 Å². The smallest absolute Gasteiger partial charge is 0.265 e. The third-order valence-corrected chi connectivity index (χ3v) is 5.66. The van der Waals surface area contributed by atoms with Crippen molar-refractivity contribution in [3.8, 4) is 5.75 Å². The van der Waals surface area contributed by atoms with Crippen LogP contribution in [0, 0.1) is 0 Å². The van der Waals surface area contributed by atoms with Crippen molar-refractivity contribution in [2.75, 3.05) is 10.0 Å². The van der Waals surface area contributed by atoms with Crippen LogP contribution < -0.4 is 14.8 Å². The van der Waals surface area contributed by atoms with Crippen LogP contribution in [0.3, 0.4) is 0 Å². The number of nitrogens with one attached hydrogen (secondary N) is 2. The molecule has 0 radical (unpaired) electrons. The average molecular weight is 392 g/mol. The SMILES string of the molecule is CCCC[C@H]1Oc2ccc(S(=O)(=O)Nc3cnn(C(C)C)c3)cc2NC1=O. The van der Waals surface area contributed by atoms with Crippen LogP contribution in [0.2, 0.25) is 0 Å². The summed E-state index contributed by atoms with van der Waals surface area (Å²) in [4.78, 5) is 12.2. The van der Waals surface area contributed by atoms with E-state index in [1.165, 1.54) is 18.3 Å². The Hall–Kier alpha value is -2.55. The van der Waals surface area contributed by atoms with Crippen LogP contribution in [-0.2, 0) is 14.8 Å². The van der Waals surface area contributed by atoms with Crippen molar-refractivity contribution in [1.82, 2.24) is 9.78 Å². The maximum atomic E-state index is 12.7. The molecule has 1 aliphatic heterocycles. The van der Waals surface area contributed by atoms with E-state index < -0.39 is 16.1 Å². The topological polar surface area (TPSA) is 102 Å². The van der Waals surface area contributed by atoms with Gasteiger partial charge >= 0.3 is 0 Å². The molecule has 9 heteroatoms. The van der Waals surface area contributed by atoms with E-state index in [2.05, 4.69) is 15.1 Å². The number of sulfonamides is 1. The molecule has 8 nitrogen and oxygen atoms in total. The summed E-state index contributed by atoms with van der Waals surface area (Å²) in [5, 5.41) is 6.86. The molecule has 1 amide bonds. The van der Waals surface area contributed by atoms with Gasteiger partial charge in [-0.3, -0.25) is 14.2 Å². The lowest BCUT2D eigenvalue weighted by Gasteiger charge is -2.26. The van der Waals surface area contributed by atoms with Gasteiger partial charge in [0.05, 0.1) is 22.5 Å². The Bertz CT molecular complexity index is 937. The Morgan fingerprint density at radius 1 is 1.37 bits per heavy atom. The predicted molar refractivity (Wildman–Crippen MR) is 102 cm³/mol. The minimum atomic E-state index is -3.81. The van der Waals surface area contributed by atoms with Crippen LogP contribution in [0.4, 0.5) is 11.4 Å². The number of hydrogen-bond acceptors (Lipinski definition) is 5. The molecule has 2 N–H and O–H groups in total. The summed E-state index contributed by atoms with van der Waals surface area (Å²) in [6.07, 6.45) is 5.02. The number of carbonyl (C=O) groups is 1. The molecule has 0 saturated carbocycles. The van der Waals surface area contributed by atoms with Crippen LogP contribution in [0.5, 0.6) is 5.75 Å². The number of anilines is 2. The van der Waals surface area contributed by atoms with Crippen LogP contribution in [0.25, 0.3) is 0 Å². The number of ether oxygens (including phenoxy) is 1. The minimum absolute atomic E-state index is 0.0365. The molecule has 1 aromatic carbocycles. The maximum absolute atomic E-state index is 12.7. The molecule has 0 spiro atoms. The molecule has 0 aliphatic carbocycles. The lowest BCUT2D eigenvalue weighted by atomic mass is 10.1. The van der Waals surface area contributed by atoms with Crippen molar-refractivity contribution in [1.29, 1.82) is 0 Å². The summed E-state index contributed by atoms with van der Waals surface area (Å²) >= 11 is 0. The number of benzene rings is 1. The zero-order chi connectivity index (χ0) is 19.6. The summed E-state index contributed by atoms with van der Waals surface area (Å²) in [6.45, 7) is 5.94. The van der Waals surface area contributed by atoms with Crippen molar-refractivity contribution < 1.29 is 17.9 Å². The highest BCUT2D eigenvalue weighted by molar-refractivity contribution is 7.92. The van der Waals surface area contributed by atoms with Gasteiger partial charge in [-0.15, -0.1) is 0 Å². The molecule has 0 fully saturated rings. The Morgan fingerprint density at radius 2 is 2.15 bits per heavy atom. The van der Waals surface area contributed by atoms with Crippen molar-refractivity contribution >= 4 is 27.3 Å². The number of carbonyl (C=O) groups excluding carboxylic acids is 1. The Morgan fingerprint density at radius 3 is 2.81 bits per heavy atom. The van der Waals surface area contributed by atoms with Crippen molar-refractivity contribution in [2.24, 2.45) is 0 Å². The highest BCUT2D eigenvalue weighted by Crippen LogP contribution is 2.33. The largest absolute Gasteiger partial charge is 0.478 e. The van der Waals surface area contributed by atoms with E-state index >= 15 is 0 Å². The molecule has 0 bridgehead atoms. The molecule has 1 aliphatic rings. The standard InChI is InChI=1S/C18H24N4O4S/c1-4-5-6-17-18(23)20-15-9-14(7-8-16(15)26-17)27(24,25)21-13-10-19-22(11-13)12(2)3/h7-12,17,21H,4-6H2,1-3H3,(H,20,23)/t17-/m1/s1. The van der Waals surface area contributed by atoms with E-state index in [9.17, 15) is 13.2 Å². The second-order valence-corrected chi connectivity index (χ2v) is 8.49. The zero-order valence-electron chi connectivity index (χ0n) is 15.6. The van der Waals surface area contributed by atoms with E-state index in [-0.39, 0.29) is 16.8 Å². The van der Waals surface area contributed by atoms with Crippen LogP contribution >= 0.6 is 0 Å². The predicted octanol–water partition coefficient (Wildman–Crippen LogP) is 3.15. The molecule has 27 heavy (non-hydrogen) atoms. The molecule has 1 atom stereocenters. The molecule has 1 aromatic heterocycles. The molecule has 146 valence electrons. The first kappa shape index (κ1) is 19.2. The fraction of sp³-hybridized carbons (Fsp3) is 0.444. The third-order valence-electron chi connectivity index (χ3n) is 4.28. The summed E-state index contributed by atoms with van der Waals surface area (Å²) in [5.74, 6) is 0.221. The van der Waals surface area contributed by atoms with Crippen LogP contribution in [0.1, 0.15) is 46.1 Å². The molecule has 2 heterocycles. The number of amides is 1. The highest BCUT2D eigenvalue weighted by atomic mass is 32.2. The van der Waals surface area contributed by atoms with Gasteiger partial charge in [0.15, 0.2) is 6.10 Å². The highest BCUT2D eigenvalue weighted by Gasteiger charge is 2.28. The first-order valence-corrected chi connectivity index (χ1v) is 10.5. The Kier molecular flexibility index (Phi) is 5.41. The van der Waals surface area contributed by atoms with E-state index in [0.29, 0.717) is 23.5 Å². The maximum Gasteiger partial charge on any atom is 0.265 e. The number of rotatable bonds is 7. The number of aromatic nitrogens is 2. The Balaban J connectivity index is 1.79. The van der Waals surface area contributed by atoms with E-state index in [0.717, 1.165) is 12.8 Å². The van der Waals surface area contributed by atoms with Gasteiger partial charge in [0.25, 0.3) is 15.9 Å². The zero-order valence-corrected chi connectivity index (χ0v) is 16.4. The second kappa shape index (κ2) is 7.59. The Labute approximate surface area is 159 Å². The van der Waals surface area contributed by atoms with E-state index in [4.69, 9.17) is 4.74 Å². The second-order valence-electron chi connectivity index (χ2n) is 6.80. The number of nitrogens with zero attached hydrogens (tertiary/aromatic N) is 2. The lowest BCUT2D eigenvalue weighted by Crippen LogP contribution is -2.37. The first-order valence-electron chi connectivity index (χ1n) is 8.98. The first-order chi connectivity index (χ1) is 12.8. The molecule has 2 aromatic rings. The number of unbranched alkanes of at least 4 members (excludes halogenated alkanes) is 1. The van der Waals surface area contributed by atoms with E-state index in [1.54, 1.807) is 16.9 Å². The summed E-state index contributed by atoms with van der Waals surface area (Å²) in [7, 11) is -3.81. The summed E-state index contributed by atoms with van der Waals surface area (Å²) < 4.78 is 35.2. The fourth-order valence-corrected chi connectivity index (χ4v) is 3.82.